The molecular formula is C19H27N5OS. The molecule has 1 aliphatic carbocycles. The summed E-state index contributed by atoms with van der Waals surface area (Å²) in [4.78, 5) is 12.5. The van der Waals surface area contributed by atoms with Crippen molar-refractivity contribution in [1.29, 1.82) is 0 Å². The SMILES string of the molecule is CC(C)c1ccc(C(NC(=O)CSc2nnnn2C2CC2)C(C)C)cc1. The van der Waals surface area contributed by atoms with Gasteiger partial charge in [-0.2, -0.15) is 0 Å². The van der Waals surface area contributed by atoms with Gasteiger partial charge in [-0.3, -0.25) is 4.79 Å². The molecule has 1 aromatic heterocycles. The van der Waals surface area contributed by atoms with E-state index in [4.69, 9.17) is 0 Å². The number of amides is 1. The number of nitrogens with one attached hydrogen (secondary N) is 1. The van der Waals surface area contributed by atoms with Crippen LogP contribution in [0.3, 0.4) is 0 Å². The Bertz CT molecular complexity index is 737. The van der Waals surface area contributed by atoms with Crippen LogP contribution < -0.4 is 5.32 Å². The number of nitrogens with zero attached hydrogens (tertiary/aromatic N) is 4. The molecule has 1 N–H and O–H groups in total. The first kappa shape index (κ1) is 18.9. The van der Waals surface area contributed by atoms with Crippen molar-refractivity contribution in [1.82, 2.24) is 25.5 Å². The number of thioether (sulfide) groups is 1. The number of hydrogen-bond acceptors (Lipinski definition) is 5. The molecule has 1 aliphatic rings. The second kappa shape index (κ2) is 8.20. The fourth-order valence-electron chi connectivity index (χ4n) is 2.90. The molecule has 140 valence electrons. The summed E-state index contributed by atoms with van der Waals surface area (Å²) in [6.07, 6.45) is 2.24. The van der Waals surface area contributed by atoms with Crippen molar-refractivity contribution in [2.75, 3.05) is 5.75 Å². The standard InChI is InChI=1S/C19H27N5OS/c1-12(2)14-5-7-15(8-6-14)18(13(3)4)20-17(25)11-26-19-21-22-23-24(19)16-9-10-16/h5-8,12-13,16,18H,9-11H2,1-4H3,(H,20,25). The second-order valence-electron chi connectivity index (χ2n) is 7.54. The van der Waals surface area contributed by atoms with Gasteiger partial charge in [0, 0.05) is 0 Å². The van der Waals surface area contributed by atoms with Crippen LogP contribution in [-0.4, -0.2) is 31.9 Å². The van der Waals surface area contributed by atoms with Crippen molar-refractivity contribution in [2.45, 2.75) is 63.7 Å². The van der Waals surface area contributed by atoms with Gasteiger partial charge in [0.05, 0.1) is 17.8 Å². The van der Waals surface area contributed by atoms with Crippen molar-refractivity contribution in [3.63, 3.8) is 0 Å². The lowest BCUT2D eigenvalue weighted by atomic mass is 9.93. The van der Waals surface area contributed by atoms with E-state index in [1.807, 2.05) is 4.68 Å². The predicted molar refractivity (Wildman–Crippen MR) is 103 cm³/mol. The van der Waals surface area contributed by atoms with Crippen molar-refractivity contribution in [3.8, 4) is 0 Å². The molecule has 26 heavy (non-hydrogen) atoms. The molecule has 0 aliphatic heterocycles. The van der Waals surface area contributed by atoms with E-state index in [1.165, 1.54) is 17.3 Å². The number of tetrazole rings is 1. The minimum absolute atomic E-state index is 0.00346. The Morgan fingerprint density at radius 3 is 2.42 bits per heavy atom. The summed E-state index contributed by atoms with van der Waals surface area (Å²) in [5.41, 5.74) is 2.45. The maximum absolute atomic E-state index is 12.5. The van der Waals surface area contributed by atoms with Crippen LogP contribution in [-0.2, 0) is 4.79 Å². The first-order valence-corrected chi connectivity index (χ1v) is 10.2. The summed E-state index contributed by atoms with van der Waals surface area (Å²) < 4.78 is 1.84. The first-order chi connectivity index (χ1) is 12.5. The lowest BCUT2D eigenvalue weighted by Gasteiger charge is -2.23. The molecule has 1 saturated carbocycles. The molecule has 0 spiro atoms. The third kappa shape index (κ3) is 4.63. The van der Waals surface area contributed by atoms with Gasteiger partial charge in [0.15, 0.2) is 0 Å². The molecule has 1 atom stereocenters. The largest absolute Gasteiger partial charge is 0.348 e. The van der Waals surface area contributed by atoms with E-state index in [-0.39, 0.29) is 11.9 Å². The average Bonchev–Trinajstić information content (AvgIpc) is 3.35. The highest BCUT2D eigenvalue weighted by molar-refractivity contribution is 7.99. The quantitative estimate of drug-likeness (QED) is 0.714. The van der Waals surface area contributed by atoms with Gasteiger partial charge in [-0.1, -0.05) is 63.7 Å². The Morgan fingerprint density at radius 2 is 1.85 bits per heavy atom. The van der Waals surface area contributed by atoms with E-state index in [2.05, 4.69) is 72.8 Å². The summed E-state index contributed by atoms with van der Waals surface area (Å²) in [6.45, 7) is 8.62. The smallest absolute Gasteiger partial charge is 0.230 e. The number of benzene rings is 1. The number of carbonyl (C=O) groups is 1. The van der Waals surface area contributed by atoms with Gasteiger partial charge in [0.1, 0.15) is 0 Å². The first-order valence-electron chi connectivity index (χ1n) is 9.25. The molecule has 1 unspecified atom stereocenters. The van der Waals surface area contributed by atoms with Crippen LogP contribution in [0.5, 0.6) is 0 Å². The summed E-state index contributed by atoms with van der Waals surface area (Å²) in [7, 11) is 0. The summed E-state index contributed by atoms with van der Waals surface area (Å²) in [6, 6.07) is 8.98. The van der Waals surface area contributed by atoms with E-state index in [0.29, 0.717) is 23.6 Å². The molecule has 1 amide bonds. The summed E-state index contributed by atoms with van der Waals surface area (Å²) in [5, 5.41) is 15.7. The molecule has 7 heteroatoms. The van der Waals surface area contributed by atoms with Crippen LogP contribution in [0.1, 0.15) is 69.7 Å². The zero-order valence-corrected chi connectivity index (χ0v) is 16.7. The number of aromatic nitrogens is 4. The minimum atomic E-state index is 0.00346. The maximum atomic E-state index is 12.5. The second-order valence-corrected chi connectivity index (χ2v) is 8.48. The van der Waals surface area contributed by atoms with Gasteiger partial charge in [-0.05, 0) is 46.2 Å². The fraction of sp³-hybridized carbons (Fsp3) is 0.579. The van der Waals surface area contributed by atoms with E-state index < -0.39 is 0 Å². The Balaban J connectivity index is 1.60. The molecule has 6 nitrogen and oxygen atoms in total. The lowest BCUT2D eigenvalue weighted by molar-refractivity contribution is -0.119. The minimum Gasteiger partial charge on any atom is -0.348 e. The van der Waals surface area contributed by atoms with Crippen LogP contribution in [0.25, 0.3) is 0 Å². The molecule has 1 heterocycles. The molecule has 2 aromatic rings. The van der Waals surface area contributed by atoms with Crippen LogP contribution in [0.4, 0.5) is 0 Å². The van der Waals surface area contributed by atoms with Gasteiger partial charge >= 0.3 is 0 Å². The third-order valence-corrected chi connectivity index (χ3v) is 5.57. The predicted octanol–water partition coefficient (Wildman–Crippen LogP) is 3.74. The lowest BCUT2D eigenvalue weighted by Crippen LogP contribution is -2.33. The van der Waals surface area contributed by atoms with Crippen molar-refractivity contribution >= 4 is 17.7 Å². The normalized spacial score (nSPS) is 15.5. The maximum Gasteiger partial charge on any atom is 0.230 e. The van der Waals surface area contributed by atoms with Crippen molar-refractivity contribution in [3.05, 3.63) is 35.4 Å². The zero-order chi connectivity index (χ0) is 18.7. The molecule has 1 fully saturated rings. The molecule has 0 radical (unpaired) electrons. The van der Waals surface area contributed by atoms with Gasteiger partial charge < -0.3 is 5.32 Å². The number of carbonyl (C=O) groups excluding carboxylic acids is 1. The highest BCUT2D eigenvalue weighted by Gasteiger charge is 2.28. The Morgan fingerprint density at radius 1 is 1.19 bits per heavy atom. The summed E-state index contributed by atoms with van der Waals surface area (Å²) in [5.74, 6) is 1.14. The molecule has 0 bridgehead atoms. The van der Waals surface area contributed by atoms with Crippen molar-refractivity contribution in [2.24, 2.45) is 5.92 Å². The zero-order valence-electron chi connectivity index (χ0n) is 15.8. The van der Waals surface area contributed by atoms with Gasteiger partial charge in [0.2, 0.25) is 11.1 Å². The van der Waals surface area contributed by atoms with Crippen LogP contribution in [0.15, 0.2) is 29.4 Å². The van der Waals surface area contributed by atoms with Crippen LogP contribution >= 0.6 is 11.8 Å². The van der Waals surface area contributed by atoms with Crippen LogP contribution in [0.2, 0.25) is 0 Å². The van der Waals surface area contributed by atoms with Crippen LogP contribution in [0, 0.1) is 5.92 Å². The number of rotatable bonds is 8. The molecule has 1 aromatic carbocycles. The Labute approximate surface area is 159 Å². The topological polar surface area (TPSA) is 72.7 Å². The molecule has 0 saturated heterocycles. The van der Waals surface area contributed by atoms with E-state index >= 15 is 0 Å². The van der Waals surface area contributed by atoms with Gasteiger partial charge in [0.25, 0.3) is 0 Å². The molecule has 3 rings (SSSR count). The number of hydrogen-bond donors (Lipinski definition) is 1. The third-order valence-electron chi connectivity index (χ3n) is 4.63. The fourth-order valence-corrected chi connectivity index (χ4v) is 3.65. The Hall–Kier alpha value is -1.89. The summed E-state index contributed by atoms with van der Waals surface area (Å²) >= 11 is 1.40. The van der Waals surface area contributed by atoms with E-state index in [1.54, 1.807) is 0 Å². The van der Waals surface area contributed by atoms with Gasteiger partial charge in [-0.25, -0.2) is 4.68 Å². The molecular weight excluding hydrogens is 346 g/mol. The van der Waals surface area contributed by atoms with Gasteiger partial charge in [-0.15, -0.1) is 5.10 Å². The monoisotopic (exact) mass is 373 g/mol. The average molecular weight is 374 g/mol. The Kier molecular flexibility index (Phi) is 5.96. The highest BCUT2D eigenvalue weighted by atomic mass is 32.2. The van der Waals surface area contributed by atoms with E-state index in [9.17, 15) is 4.79 Å². The van der Waals surface area contributed by atoms with Crippen molar-refractivity contribution < 1.29 is 4.79 Å². The van der Waals surface area contributed by atoms with E-state index in [0.717, 1.165) is 23.6 Å². The highest BCUT2D eigenvalue weighted by Crippen LogP contribution is 2.36.